The average molecular weight is 428 g/mol. The second kappa shape index (κ2) is 11.3. The molecule has 1 aliphatic heterocycles. The number of benzene rings is 1. The summed E-state index contributed by atoms with van der Waals surface area (Å²) in [4.78, 5) is 2.60. The monoisotopic (exact) mass is 427 g/mol. The van der Waals surface area contributed by atoms with Crippen LogP contribution in [0.25, 0.3) is 0 Å². The minimum absolute atomic E-state index is 0. The highest BCUT2D eigenvalue weighted by atomic mass is 35.5. The predicted molar refractivity (Wildman–Crippen MR) is 111 cm³/mol. The van der Waals surface area contributed by atoms with Crippen LogP contribution in [0, 0.1) is 6.92 Å². The van der Waals surface area contributed by atoms with Gasteiger partial charge in [-0.2, -0.15) is 0 Å². The molecule has 0 atom stereocenters. The Morgan fingerprint density at radius 1 is 1.23 bits per heavy atom. The largest absolute Gasteiger partial charge is 0.496 e. The zero-order valence-corrected chi connectivity index (χ0v) is 18.3. The molecule has 0 bridgehead atoms. The van der Waals surface area contributed by atoms with E-state index in [1.807, 2.05) is 13.8 Å². The van der Waals surface area contributed by atoms with E-state index in [0.29, 0.717) is 17.0 Å². The molecule has 1 fully saturated rings. The van der Waals surface area contributed by atoms with E-state index in [1.165, 1.54) is 0 Å². The zero-order chi connectivity index (χ0) is 17.7. The third kappa shape index (κ3) is 6.55. The number of nitrogens with one attached hydrogen (secondary N) is 2. The Morgan fingerprint density at radius 3 is 2.38 bits per heavy atom. The molecular weight excluding hydrogens is 397 g/mol. The minimum Gasteiger partial charge on any atom is -0.496 e. The molecule has 9 heteroatoms. The first-order valence-corrected chi connectivity index (χ1v) is 9.94. The number of halogens is 2. The summed E-state index contributed by atoms with van der Waals surface area (Å²) in [6.07, 6.45) is 0. The van der Waals surface area contributed by atoms with Crippen molar-refractivity contribution in [1.82, 2.24) is 14.9 Å². The maximum absolute atomic E-state index is 12.7. The van der Waals surface area contributed by atoms with Gasteiger partial charge in [-0.25, -0.2) is 13.1 Å². The lowest BCUT2D eigenvalue weighted by atomic mass is 10.0. The molecule has 152 valence electrons. The molecular formula is C17H31Cl2N3O3S. The molecule has 0 aliphatic carbocycles. The van der Waals surface area contributed by atoms with Gasteiger partial charge in [0.25, 0.3) is 0 Å². The van der Waals surface area contributed by atoms with Crippen LogP contribution < -0.4 is 14.8 Å². The van der Waals surface area contributed by atoms with Crippen LogP contribution in [0.1, 0.15) is 30.9 Å². The minimum atomic E-state index is -3.52. The van der Waals surface area contributed by atoms with Crippen molar-refractivity contribution < 1.29 is 13.2 Å². The number of hydrogen-bond acceptors (Lipinski definition) is 5. The molecule has 26 heavy (non-hydrogen) atoms. The number of aryl methyl sites for hydroxylation is 1. The molecule has 2 N–H and O–H groups in total. The highest BCUT2D eigenvalue weighted by molar-refractivity contribution is 7.89. The molecule has 0 spiro atoms. The van der Waals surface area contributed by atoms with E-state index >= 15 is 0 Å². The predicted octanol–water partition coefficient (Wildman–Crippen LogP) is 2.15. The van der Waals surface area contributed by atoms with E-state index in [0.717, 1.165) is 44.0 Å². The van der Waals surface area contributed by atoms with Gasteiger partial charge in [-0.3, -0.25) is 4.90 Å². The molecule has 1 saturated heterocycles. The average Bonchev–Trinajstić information content (AvgIpc) is 2.54. The fraction of sp³-hybridized carbons (Fsp3) is 0.647. The van der Waals surface area contributed by atoms with Crippen molar-refractivity contribution in [1.29, 1.82) is 0 Å². The van der Waals surface area contributed by atoms with Crippen molar-refractivity contribution in [3.63, 3.8) is 0 Å². The van der Waals surface area contributed by atoms with Gasteiger partial charge in [-0.15, -0.1) is 24.8 Å². The molecule has 6 nitrogen and oxygen atoms in total. The molecule has 1 heterocycles. The van der Waals surface area contributed by atoms with Gasteiger partial charge in [0.2, 0.25) is 10.0 Å². The van der Waals surface area contributed by atoms with Crippen molar-refractivity contribution in [2.45, 2.75) is 31.6 Å². The summed E-state index contributed by atoms with van der Waals surface area (Å²) in [6.45, 7) is 10.9. The smallest absolute Gasteiger partial charge is 0.240 e. The van der Waals surface area contributed by atoms with E-state index in [2.05, 4.69) is 14.9 Å². The summed E-state index contributed by atoms with van der Waals surface area (Å²) in [6, 6.07) is 3.55. The molecule has 0 amide bonds. The first-order chi connectivity index (χ1) is 11.3. The molecule has 0 unspecified atom stereocenters. The molecule has 0 saturated carbocycles. The standard InChI is InChI=1S/C17H29N3O3S.2ClH/c1-13(2)15-12-17(14(3)11-16(15)23-4)24(21,22)19-7-10-20-8-5-18-6-9-20;;/h11-13,18-19H,5-10H2,1-4H3;2*1H. The molecule has 1 aliphatic rings. The van der Waals surface area contributed by atoms with Gasteiger partial charge in [0.15, 0.2) is 0 Å². The number of piperazine rings is 1. The number of methoxy groups -OCH3 is 1. The number of sulfonamides is 1. The first kappa shape index (κ1) is 25.4. The van der Waals surface area contributed by atoms with Gasteiger partial charge in [-0.1, -0.05) is 13.8 Å². The lowest BCUT2D eigenvalue weighted by molar-refractivity contribution is 0.245. The summed E-state index contributed by atoms with van der Waals surface area (Å²) in [7, 11) is -1.91. The van der Waals surface area contributed by atoms with Crippen molar-refractivity contribution in [2.24, 2.45) is 0 Å². The summed E-state index contributed by atoms with van der Waals surface area (Å²) in [5.41, 5.74) is 1.61. The van der Waals surface area contributed by atoms with Crippen LogP contribution in [0.4, 0.5) is 0 Å². The van der Waals surface area contributed by atoms with Gasteiger partial charge < -0.3 is 10.1 Å². The summed E-state index contributed by atoms with van der Waals surface area (Å²) >= 11 is 0. The Labute approximate surface area is 169 Å². The fourth-order valence-electron chi connectivity index (χ4n) is 2.95. The van der Waals surface area contributed by atoms with Gasteiger partial charge in [0, 0.05) is 39.3 Å². The summed E-state index contributed by atoms with van der Waals surface area (Å²) in [5, 5.41) is 3.29. The quantitative estimate of drug-likeness (QED) is 0.697. The van der Waals surface area contributed by atoms with Crippen LogP contribution in [0.2, 0.25) is 0 Å². The molecule has 0 radical (unpaired) electrons. The summed E-state index contributed by atoms with van der Waals surface area (Å²) < 4.78 is 33.5. The molecule has 2 rings (SSSR count). The van der Waals surface area contributed by atoms with Crippen molar-refractivity contribution in [2.75, 3.05) is 46.4 Å². The maximum Gasteiger partial charge on any atom is 0.240 e. The Hall–Kier alpha value is -0.570. The van der Waals surface area contributed by atoms with Crippen molar-refractivity contribution in [3.8, 4) is 5.75 Å². The van der Waals surface area contributed by atoms with Crippen LogP contribution >= 0.6 is 24.8 Å². The lowest BCUT2D eigenvalue weighted by Gasteiger charge is -2.27. The van der Waals surface area contributed by atoms with Crippen LogP contribution in [0.5, 0.6) is 5.75 Å². The van der Waals surface area contributed by atoms with E-state index in [4.69, 9.17) is 4.74 Å². The number of ether oxygens (including phenoxy) is 1. The first-order valence-electron chi connectivity index (χ1n) is 8.46. The van der Waals surface area contributed by atoms with Crippen LogP contribution in [0.15, 0.2) is 17.0 Å². The van der Waals surface area contributed by atoms with Gasteiger partial charge >= 0.3 is 0 Å². The molecule has 1 aromatic carbocycles. The summed E-state index contributed by atoms with van der Waals surface area (Å²) in [5.74, 6) is 0.928. The van der Waals surface area contributed by atoms with E-state index in [1.54, 1.807) is 26.2 Å². The second-order valence-corrected chi connectivity index (χ2v) is 8.24. The lowest BCUT2D eigenvalue weighted by Crippen LogP contribution is -2.46. The van der Waals surface area contributed by atoms with Crippen molar-refractivity contribution >= 4 is 34.8 Å². The fourth-order valence-corrected chi connectivity index (χ4v) is 4.23. The van der Waals surface area contributed by atoms with Crippen LogP contribution in [-0.2, 0) is 10.0 Å². The molecule has 1 aromatic rings. The second-order valence-electron chi connectivity index (χ2n) is 6.50. The van der Waals surface area contributed by atoms with Crippen molar-refractivity contribution in [3.05, 3.63) is 23.3 Å². The Morgan fingerprint density at radius 2 is 1.85 bits per heavy atom. The van der Waals surface area contributed by atoms with Gasteiger partial charge in [0.1, 0.15) is 5.75 Å². The SMILES string of the molecule is COc1cc(C)c(S(=O)(=O)NCCN2CCNCC2)cc1C(C)C.Cl.Cl. The molecule has 0 aromatic heterocycles. The Bertz CT molecular complexity index is 663. The van der Waals surface area contributed by atoms with Crippen LogP contribution in [-0.4, -0.2) is 59.7 Å². The highest BCUT2D eigenvalue weighted by Crippen LogP contribution is 2.31. The third-order valence-corrected chi connectivity index (χ3v) is 5.97. The normalized spacial score (nSPS) is 15.3. The highest BCUT2D eigenvalue weighted by Gasteiger charge is 2.21. The van der Waals surface area contributed by atoms with Gasteiger partial charge in [-0.05, 0) is 36.1 Å². The van der Waals surface area contributed by atoms with E-state index < -0.39 is 10.0 Å². The zero-order valence-electron chi connectivity index (χ0n) is 15.9. The number of hydrogen-bond donors (Lipinski definition) is 2. The topological polar surface area (TPSA) is 70.7 Å². The van der Waals surface area contributed by atoms with E-state index in [-0.39, 0.29) is 30.7 Å². The van der Waals surface area contributed by atoms with E-state index in [9.17, 15) is 8.42 Å². The Balaban J connectivity index is 0.00000312. The number of nitrogens with zero attached hydrogens (tertiary/aromatic N) is 1. The van der Waals surface area contributed by atoms with Crippen LogP contribution in [0.3, 0.4) is 0 Å². The maximum atomic E-state index is 12.7. The van der Waals surface area contributed by atoms with Gasteiger partial charge in [0.05, 0.1) is 12.0 Å². The Kier molecular flexibility index (Phi) is 11.1. The number of rotatable bonds is 7. The third-order valence-electron chi connectivity index (χ3n) is 4.37.